The largest absolute Gasteiger partial charge is 0.353 e. The molecule has 0 amide bonds. The van der Waals surface area contributed by atoms with E-state index >= 15 is 0 Å². The van der Waals surface area contributed by atoms with Gasteiger partial charge in [0.2, 0.25) is 5.95 Å². The zero-order chi connectivity index (χ0) is 21.4. The molecule has 2 aromatic heterocycles. The first-order valence-corrected chi connectivity index (χ1v) is 10.7. The number of hydrogen-bond donors (Lipinski definition) is 0. The lowest BCUT2D eigenvalue weighted by atomic mass is 9.81. The maximum atomic E-state index is 13.3. The number of nitrogens with zero attached hydrogens (tertiary/aromatic N) is 5. The normalized spacial score (nSPS) is 18.8. The molecule has 3 aromatic rings. The van der Waals surface area contributed by atoms with Gasteiger partial charge in [0.05, 0.1) is 17.0 Å². The predicted octanol–water partition coefficient (Wildman–Crippen LogP) is 3.56. The van der Waals surface area contributed by atoms with Crippen molar-refractivity contribution in [1.82, 2.24) is 15.0 Å². The van der Waals surface area contributed by atoms with Crippen LogP contribution in [0.1, 0.15) is 39.6 Å². The summed E-state index contributed by atoms with van der Waals surface area (Å²) in [6, 6.07) is 12.4. The number of aromatic nitrogens is 3. The number of hydrogen-bond acceptors (Lipinski definition) is 6. The summed E-state index contributed by atoms with van der Waals surface area (Å²) in [6.07, 6.45) is 2.88. The first kappa shape index (κ1) is 19.6. The van der Waals surface area contributed by atoms with Crippen LogP contribution in [0, 0.1) is 12.7 Å². The third-order valence-electron chi connectivity index (χ3n) is 6.18. The first-order chi connectivity index (χ1) is 15.1. The molecule has 0 saturated carbocycles. The maximum absolute atomic E-state index is 13.3. The number of carbonyl (C=O) groups is 1. The molecule has 3 heterocycles. The van der Waals surface area contributed by atoms with E-state index in [4.69, 9.17) is 4.98 Å². The number of benzene rings is 1. The van der Waals surface area contributed by atoms with E-state index in [0.29, 0.717) is 24.4 Å². The quantitative estimate of drug-likeness (QED) is 0.649. The van der Waals surface area contributed by atoms with Gasteiger partial charge in [-0.2, -0.15) is 0 Å². The third-order valence-corrected chi connectivity index (χ3v) is 6.18. The molecular formula is C24H24FN5O. The first-order valence-electron chi connectivity index (χ1n) is 10.7. The number of halogens is 1. The highest BCUT2D eigenvalue weighted by Gasteiger charge is 2.31. The molecule has 0 unspecified atom stereocenters. The van der Waals surface area contributed by atoms with Gasteiger partial charge in [-0.3, -0.25) is 4.79 Å². The van der Waals surface area contributed by atoms with Gasteiger partial charge in [0.15, 0.2) is 5.78 Å². The number of ketones is 1. The zero-order valence-electron chi connectivity index (χ0n) is 17.5. The van der Waals surface area contributed by atoms with E-state index in [-0.39, 0.29) is 17.5 Å². The van der Waals surface area contributed by atoms with Crippen LogP contribution in [0.15, 0.2) is 48.7 Å². The lowest BCUT2D eigenvalue weighted by Gasteiger charge is -2.36. The van der Waals surface area contributed by atoms with Gasteiger partial charge in [0.1, 0.15) is 11.6 Å². The number of Topliss-reactive ketones (excluding diaryl/α,β-unsaturated/α-hetero) is 1. The van der Waals surface area contributed by atoms with Crippen LogP contribution in [0.2, 0.25) is 0 Å². The lowest BCUT2D eigenvalue weighted by Crippen LogP contribution is -2.47. The molecule has 0 bridgehead atoms. The minimum atomic E-state index is -0.267. The molecule has 5 rings (SSSR count). The Morgan fingerprint density at radius 1 is 0.935 bits per heavy atom. The van der Waals surface area contributed by atoms with Gasteiger partial charge in [0.25, 0.3) is 0 Å². The monoisotopic (exact) mass is 417 g/mol. The van der Waals surface area contributed by atoms with Gasteiger partial charge in [0, 0.05) is 38.8 Å². The summed E-state index contributed by atoms with van der Waals surface area (Å²) in [5.41, 5.74) is 3.19. The SMILES string of the molecule is Cc1nc(N2CCN(c3ccccn3)CC2)nc2c1C(=O)C[C@@H](c1ccc(F)cc1)C2. The van der Waals surface area contributed by atoms with E-state index < -0.39 is 0 Å². The van der Waals surface area contributed by atoms with Gasteiger partial charge in [-0.15, -0.1) is 0 Å². The van der Waals surface area contributed by atoms with Crippen LogP contribution in [-0.4, -0.2) is 46.9 Å². The summed E-state index contributed by atoms with van der Waals surface area (Å²) in [7, 11) is 0. The number of rotatable bonds is 3. The standard InChI is InChI=1S/C24H24FN5O/c1-16-23-20(14-18(15-21(23)31)17-5-7-19(25)8-6-17)28-24(27-16)30-12-10-29(11-13-30)22-4-2-3-9-26-22/h2-9,18H,10-15H2,1H3/t18-/m0/s1. The van der Waals surface area contributed by atoms with Crippen molar-refractivity contribution >= 4 is 17.5 Å². The predicted molar refractivity (Wildman–Crippen MR) is 117 cm³/mol. The summed E-state index contributed by atoms with van der Waals surface area (Å²) in [4.78, 5) is 31.2. The van der Waals surface area contributed by atoms with Crippen LogP contribution in [0.3, 0.4) is 0 Å². The van der Waals surface area contributed by atoms with Gasteiger partial charge in [-0.05, 0) is 49.1 Å². The molecule has 0 radical (unpaired) electrons. The topological polar surface area (TPSA) is 62.2 Å². The molecule has 1 aliphatic carbocycles. The van der Waals surface area contributed by atoms with Crippen LogP contribution in [0.25, 0.3) is 0 Å². The Balaban J connectivity index is 1.36. The molecule has 2 aliphatic rings. The van der Waals surface area contributed by atoms with Crippen molar-refractivity contribution in [2.24, 2.45) is 0 Å². The Morgan fingerprint density at radius 2 is 1.68 bits per heavy atom. The van der Waals surface area contributed by atoms with Crippen molar-refractivity contribution in [2.45, 2.75) is 25.7 Å². The van der Waals surface area contributed by atoms with Crippen LogP contribution in [-0.2, 0) is 6.42 Å². The number of fused-ring (bicyclic) bond motifs is 1. The Labute approximate surface area is 180 Å². The van der Waals surface area contributed by atoms with Crippen molar-refractivity contribution < 1.29 is 9.18 Å². The molecule has 0 spiro atoms. The minimum Gasteiger partial charge on any atom is -0.353 e. The fraction of sp³-hybridized carbons (Fsp3) is 0.333. The summed E-state index contributed by atoms with van der Waals surface area (Å²) in [6.45, 7) is 5.17. The Kier molecular flexibility index (Phi) is 5.10. The summed E-state index contributed by atoms with van der Waals surface area (Å²) in [5.74, 6) is 1.49. The third kappa shape index (κ3) is 3.87. The second kappa shape index (κ2) is 8.06. The summed E-state index contributed by atoms with van der Waals surface area (Å²) >= 11 is 0. The highest BCUT2D eigenvalue weighted by atomic mass is 19.1. The second-order valence-electron chi connectivity index (χ2n) is 8.17. The average molecular weight is 417 g/mol. The maximum Gasteiger partial charge on any atom is 0.225 e. The van der Waals surface area contributed by atoms with Crippen LogP contribution in [0.5, 0.6) is 0 Å². The fourth-order valence-corrected chi connectivity index (χ4v) is 4.55. The molecule has 1 saturated heterocycles. The average Bonchev–Trinajstić information content (AvgIpc) is 2.79. The molecule has 1 atom stereocenters. The highest BCUT2D eigenvalue weighted by Crippen LogP contribution is 2.34. The lowest BCUT2D eigenvalue weighted by molar-refractivity contribution is 0.0962. The van der Waals surface area contributed by atoms with Crippen molar-refractivity contribution in [3.05, 3.63) is 77.0 Å². The van der Waals surface area contributed by atoms with Crippen molar-refractivity contribution in [2.75, 3.05) is 36.0 Å². The molecule has 7 heteroatoms. The van der Waals surface area contributed by atoms with Crippen molar-refractivity contribution in [3.63, 3.8) is 0 Å². The Bertz CT molecular complexity index is 1090. The number of pyridine rings is 1. The van der Waals surface area contributed by atoms with Gasteiger partial charge < -0.3 is 9.80 Å². The number of carbonyl (C=O) groups excluding carboxylic acids is 1. The van der Waals surface area contributed by atoms with E-state index in [1.807, 2.05) is 31.3 Å². The molecule has 6 nitrogen and oxygen atoms in total. The van der Waals surface area contributed by atoms with Crippen LogP contribution in [0.4, 0.5) is 16.2 Å². The smallest absolute Gasteiger partial charge is 0.225 e. The minimum absolute atomic E-state index is 0.0174. The molecule has 31 heavy (non-hydrogen) atoms. The zero-order valence-corrected chi connectivity index (χ0v) is 17.5. The van der Waals surface area contributed by atoms with E-state index in [2.05, 4.69) is 19.8 Å². The fourth-order valence-electron chi connectivity index (χ4n) is 4.55. The molecule has 1 aromatic carbocycles. The van der Waals surface area contributed by atoms with E-state index in [1.165, 1.54) is 12.1 Å². The molecule has 158 valence electrons. The summed E-state index contributed by atoms with van der Waals surface area (Å²) < 4.78 is 13.3. The Hall–Kier alpha value is -3.35. The summed E-state index contributed by atoms with van der Waals surface area (Å²) in [5, 5.41) is 0. The van der Waals surface area contributed by atoms with Crippen molar-refractivity contribution in [3.8, 4) is 0 Å². The van der Waals surface area contributed by atoms with Gasteiger partial charge >= 0.3 is 0 Å². The Morgan fingerprint density at radius 3 is 2.39 bits per heavy atom. The van der Waals surface area contributed by atoms with Crippen LogP contribution < -0.4 is 9.80 Å². The van der Waals surface area contributed by atoms with Gasteiger partial charge in [-0.1, -0.05) is 18.2 Å². The van der Waals surface area contributed by atoms with Crippen LogP contribution >= 0.6 is 0 Å². The number of piperazine rings is 1. The van der Waals surface area contributed by atoms with Crippen molar-refractivity contribution in [1.29, 1.82) is 0 Å². The number of anilines is 2. The molecular weight excluding hydrogens is 393 g/mol. The van der Waals surface area contributed by atoms with Gasteiger partial charge in [-0.25, -0.2) is 19.3 Å². The molecule has 1 fully saturated rings. The van der Waals surface area contributed by atoms with E-state index in [1.54, 1.807) is 12.1 Å². The van der Waals surface area contributed by atoms with E-state index in [9.17, 15) is 9.18 Å². The number of aryl methyl sites for hydroxylation is 1. The highest BCUT2D eigenvalue weighted by molar-refractivity contribution is 5.99. The second-order valence-corrected chi connectivity index (χ2v) is 8.17. The van der Waals surface area contributed by atoms with E-state index in [0.717, 1.165) is 48.9 Å². The molecule has 1 aliphatic heterocycles. The molecule has 0 N–H and O–H groups in total.